The van der Waals surface area contributed by atoms with Crippen LogP contribution >= 0.6 is 0 Å². The van der Waals surface area contributed by atoms with Gasteiger partial charge in [0.05, 0.1) is 16.5 Å². The van der Waals surface area contributed by atoms with Crippen LogP contribution in [-0.4, -0.2) is 21.0 Å². The van der Waals surface area contributed by atoms with Crippen molar-refractivity contribution in [3.63, 3.8) is 0 Å². The third kappa shape index (κ3) is 1.78. The van der Waals surface area contributed by atoms with Gasteiger partial charge in [0.2, 0.25) is 0 Å². The molecule has 2 rings (SSSR count). The molecule has 6 heteroatoms. The number of hydrogen-bond donors (Lipinski definition) is 1. The first-order chi connectivity index (χ1) is 7.09. The quantitative estimate of drug-likeness (QED) is 0.594. The summed E-state index contributed by atoms with van der Waals surface area (Å²) in [6.07, 6.45) is 1.86. The zero-order valence-corrected chi connectivity index (χ0v) is 7.66. The lowest BCUT2D eigenvalue weighted by Crippen LogP contribution is -2.00. The molecule has 1 aromatic heterocycles. The van der Waals surface area contributed by atoms with Crippen LogP contribution in [0.15, 0.2) is 18.3 Å². The molecule has 15 heavy (non-hydrogen) atoms. The molecule has 1 heterocycles. The number of nitro groups is 1. The Labute approximate surface area is 84.7 Å². The van der Waals surface area contributed by atoms with Crippen molar-refractivity contribution in [2.45, 2.75) is 12.3 Å². The van der Waals surface area contributed by atoms with Crippen molar-refractivity contribution in [1.82, 2.24) is 4.98 Å². The maximum absolute atomic E-state index is 10.6. The van der Waals surface area contributed by atoms with Crippen LogP contribution in [-0.2, 0) is 4.79 Å². The first-order valence-corrected chi connectivity index (χ1v) is 4.42. The third-order valence-corrected chi connectivity index (χ3v) is 2.46. The Kier molecular flexibility index (Phi) is 2.11. The van der Waals surface area contributed by atoms with E-state index in [1.165, 1.54) is 18.3 Å². The van der Waals surface area contributed by atoms with E-state index in [1.807, 2.05) is 0 Å². The minimum absolute atomic E-state index is 0.0453. The molecule has 0 bridgehead atoms. The molecule has 0 aromatic carbocycles. The second-order valence-corrected chi connectivity index (χ2v) is 3.48. The van der Waals surface area contributed by atoms with E-state index in [1.54, 1.807) is 0 Å². The fourth-order valence-corrected chi connectivity index (χ4v) is 1.55. The van der Waals surface area contributed by atoms with E-state index in [-0.39, 0.29) is 11.6 Å². The summed E-state index contributed by atoms with van der Waals surface area (Å²) in [6.45, 7) is 0. The number of hydrogen-bond acceptors (Lipinski definition) is 4. The van der Waals surface area contributed by atoms with Gasteiger partial charge in [-0.2, -0.15) is 0 Å². The molecule has 1 aliphatic carbocycles. The molecule has 1 N–H and O–H groups in total. The molecule has 0 radical (unpaired) electrons. The molecule has 1 fully saturated rings. The van der Waals surface area contributed by atoms with Crippen molar-refractivity contribution >= 4 is 11.7 Å². The molecule has 0 amide bonds. The lowest BCUT2D eigenvalue weighted by molar-refractivity contribution is -0.385. The second kappa shape index (κ2) is 3.30. The summed E-state index contributed by atoms with van der Waals surface area (Å²) < 4.78 is 0. The van der Waals surface area contributed by atoms with Crippen LogP contribution in [0.1, 0.15) is 18.0 Å². The lowest BCUT2D eigenvalue weighted by Gasteiger charge is -1.96. The van der Waals surface area contributed by atoms with Gasteiger partial charge in [0.1, 0.15) is 0 Å². The van der Waals surface area contributed by atoms with Crippen LogP contribution in [0.3, 0.4) is 0 Å². The Morgan fingerprint density at radius 2 is 2.40 bits per heavy atom. The fraction of sp³-hybridized carbons (Fsp3) is 0.333. The van der Waals surface area contributed by atoms with E-state index >= 15 is 0 Å². The molecule has 0 saturated heterocycles. The fourth-order valence-electron chi connectivity index (χ4n) is 1.55. The molecular formula is C9H8N2O4. The summed E-state index contributed by atoms with van der Waals surface area (Å²) in [7, 11) is 0. The zero-order valence-electron chi connectivity index (χ0n) is 7.66. The van der Waals surface area contributed by atoms with E-state index < -0.39 is 16.8 Å². The van der Waals surface area contributed by atoms with Crippen molar-refractivity contribution in [3.8, 4) is 0 Å². The number of aromatic nitrogens is 1. The number of carboxylic acids is 1. The highest BCUT2D eigenvalue weighted by atomic mass is 16.6. The Morgan fingerprint density at radius 1 is 1.67 bits per heavy atom. The maximum Gasteiger partial charge on any atom is 0.307 e. The van der Waals surface area contributed by atoms with Gasteiger partial charge in [-0.25, -0.2) is 0 Å². The van der Waals surface area contributed by atoms with Crippen molar-refractivity contribution < 1.29 is 14.8 Å². The van der Waals surface area contributed by atoms with Crippen LogP contribution in [0.25, 0.3) is 0 Å². The van der Waals surface area contributed by atoms with Crippen molar-refractivity contribution in [2.24, 2.45) is 5.92 Å². The number of aliphatic carboxylic acids is 1. The molecule has 1 saturated carbocycles. The minimum atomic E-state index is -0.867. The monoisotopic (exact) mass is 208 g/mol. The summed E-state index contributed by atoms with van der Waals surface area (Å²) in [4.78, 5) is 24.5. The standard InChI is InChI=1S/C9H8N2O4/c12-9(13)7-4-6(7)8-3-5(11(14)15)1-2-10-8/h1-3,6-7H,4H2,(H,12,13). The number of rotatable bonds is 3. The maximum atomic E-state index is 10.6. The molecule has 1 aromatic rings. The van der Waals surface area contributed by atoms with Crippen LogP contribution in [0.2, 0.25) is 0 Å². The van der Waals surface area contributed by atoms with E-state index in [2.05, 4.69) is 4.98 Å². The molecular weight excluding hydrogens is 200 g/mol. The van der Waals surface area contributed by atoms with Gasteiger partial charge in [-0.1, -0.05) is 0 Å². The molecule has 2 atom stereocenters. The molecule has 6 nitrogen and oxygen atoms in total. The predicted molar refractivity (Wildman–Crippen MR) is 49.4 cm³/mol. The van der Waals surface area contributed by atoms with Crippen molar-refractivity contribution in [3.05, 3.63) is 34.1 Å². The SMILES string of the molecule is O=C(O)C1CC1c1cc([N+](=O)[O-])ccn1. The molecule has 2 unspecified atom stereocenters. The van der Waals surface area contributed by atoms with E-state index in [0.717, 1.165) is 0 Å². The first kappa shape index (κ1) is 9.57. The first-order valence-electron chi connectivity index (χ1n) is 4.42. The highest BCUT2D eigenvalue weighted by Crippen LogP contribution is 2.47. The predicted octanol–water partition coefficient (Wildman–Crippen LogP) is 1.18. The van der Waals surface area contributed by atoms with Gasteiger partial charge in [0.25, 0.3) is 5.69 Å². The second-order valence-electron chi connectivity index (χ2n) is 3.48. The highest BCUT2D eigenvalue weighted by Gasteiger charge is 2.45. The normalized spacial score (nSPS) is 23.5. The summed E-state index contributed by atoms with van der Waals surface area (Å²) in [5.41, 5.74) is 0.452. The van der Waals surface area contributed by atoms with Crippen LogP contribution < -0.4 is 0 Å². The number of carboxylic acid groups (broad SMARTS) is 1. The highest BCUT2D eigenvalue weighted by molar-refractivity contribution is 5.75. The van der Waals surface area contributed by atoms with Crippen LogP contribution in [0.5, 0.6) is 0 Å². The molecule has 0 spiro atoms. The van der Waals surface area contributed by atoms with Gasteiger partial charge < -0.3 is 5.11 Å². The molecule has 0 aliphatic heterocycles. The average Bonchev–Trinajstić information content (AvgIpc) is 2.97. The Hall–Kier alpha value is -1.98. The smallest absolute Gasteiger partial charge is 0.307 e. The summed E-state index contributed by atoms with van der Waals surface area (Å²) in [5.74, 6) is -1.46. The van der Waals surface area contributed by atoms with Crippen LogP contribution in [0.4, 0.5) is 5.69 Å². The Morgan fingerprint density at radius 3 is 2.93 bits per heavy atom. The number of nitrogens with zero attached hydrogens (tertiary/aromatic N) is 2. The summed E-state index contributed by atoms with van der Waals surface area (Å²) >= 11 is 0. The summed E-state index contributed by atoms with van der Waals surface area (Å²) in [5, 5.41) is 19.2. The number of pyridine rings is 1. The van der Waals surface area contributed by atoms with Gasteiger partial charge in [0, 0.05) is 24.2 Å². The summed E-state index contributed by atoms with van der Waals surface area (Å²) in [6, 6.07) is 2.63. The Bertz CT molecular complexity index is 432. The largest absolute Gasteiger partial charge is 0.481 e. The number of carbonyl (C=O) groups is 1. The van der Waals surface area contributed by atoms with Crippen molar-refractivity contribution in [1.29, 1.82) is 0 Å². The van der Waals surface area contributed by atoms with E-state index in [4.69, 9.17) is 5.11 Å². The van der Waals surface area contributed by atoms with Gasteiger partial charge in [0.15, 0.2) is 0 Å². The van der Waals surface area contributed by atoms with Gasteiger partial charge in [-0.05, 0) is 6.42 Å². The van der Waals surface area contributed by atoms with E-state index in [0.29, 0.717) is 12.1 Å². The molecule has 1 aliphatic rings. The van der Waals surface area contributed by atoms with Crippen LogP contribution in [0, 0.1) is 16.0 Å². The van der Waals surface area contributed by atoms with Gasteiger partial charge in [-0.3, -0.25) is 19.9 Å². The topological polar surface area (TPSA) is 93.3 Å². The van der Waals surface area contributed by atoms with E-state index in [9.17, 15) is 14.9 Å². The minimum Gasteiger partial charge on any atom is -0.481 e. The van der Waals surface area contributed by atoms with Gasteiger partial charge in [-0.15, -0.1) is 0 Å². The lowest BCUT2D eigenvalue weighted by atomic mass is 10.2. The zero-order chi connectivity index (χ0) is 11.0. The average molecular weight is 208 g/mol. The molecule has 78 valence electrons. The third-order valence-electron chi connectivity index (χ3n) is 2.46. The van der Waals surface area contributed by atoms with Crippen molar-refractivity contribution in [2.75, 3.05) is 0 Å². The van der Waals surface area contributed by atoms with Gasteiger partial charge >= 0.3 is 5.97 Å². The Balaban J connectivity index is 2.20.